The molecule has 2 N–H and O–H groups in total. The minimum Gasteiger partial charge on any atom is -0.505 e. The average molecular weight is 356 g/mol. The first-order chi connectivity index (χ1) is 10.9. The number of anilines is 1. The lowest BCUT2D eigenvalue weighted by atomic mass is 10.1. The van der Waals surface area contributed by atoms with E-state index in [1.807, 2.05) is 0 Å². The van der Waals surface area contributed by atoms with Crippen LogP contribution < -0.4 is 5.32 Å². The number of nitrogens with one attached hydrogen (secondary N) is 1. The van der Waals surface area contributed by atoms with Gasteiger partial charge < -0.3 is 5.11 Å². The number of aromatic hydroxyl groups is 1. The van der Waals surface area contributed by atoms with E-state index < -0.39 is 17.1 Å². The van der Waals surface area contributed by atoms with Crippen LogP contribution in [0.1, 0.15) is 22.8 Å². The lowest BCUT2D eigenvalue weighted by molar-refractivity contribution is -0.138. The molecule has 1 amide bonds. The van der Waals surface area contributed by atoms with E-state index in [-0.39, 0.29) is 40.7 Å². The Morgan fingerprint density at radius 3 is 2.62 bits per heavy atom. The number of halogens is 3. The second-order valence-electron chi connectivity index (χ2n) is 4.40. The van der Waals surface area contributed by atoms with Crippen LogP contribution in [0.4, 0.5) is 18.3 Å². The van der Waals surface area contributed by atoms with Crippen LogP contribution in [0, 0.1) is 0 Å². The lowest BCUT2D eigenvalue weighted by Crippen LogP contribution is -2.12. The zero-order valence-electron chi connectivity index (χ0n) is 11.1. The number of phenols is 1. The molecular weight excluding hydrogens is 345 g/mol. The number of alkyl halides is 3. The maximum absolute atomic E-state index is 12.4. The Kier molecular flexibility index (Phi) is 4.69. The number of carbonyl (C=O) groups is 1. The molecule has 0 saturated carbocycles. The second-order valence-corrected chi connectivity index (χ2v) is 5.38. The number of carbonyl (C=O) groups excluding carboxylic acids is 1. The van der Waals surface area contributed by atoms with Crippen molar-refractivity contribution >= 4 is 33.3 Å². The van der Waals surface area contributed by atoms with E-state index in [9.17, 15) is 23.1 Å². The highest BCUT2D eigenvalue weighted by Gasteiger charge is 2.35. The largest absolute Gasteiger partial charge is 0.505 e. The summed E-state index contributed by atoms with van der Waals surface area (Å²) in [6, 6.07) is 6.28. The summed E-state index contributed by atoms with van der Waals surface area (Å²) in [4.78, 5) is 16.1. The summed E-state index contributed by atoms with van der Waals surface area (Å²) in [6.45, 7) is 0. The zero-order chi connectivity index (χ0) is 16.6. The maximum Gasteiger partial charge on any atom is 0.445 e. The maximum atomic E-state index is 12.4. The summed E-state index contributed by atoms with van der Waals surface area (Å²) < 4.78 is 37.3. The Bertz CT molecular complexity index is 895. The lowest BCUT2D eigenvalue weighted by Gasteiger charge is -2.06. The van der Waals surface area contributed by atoms with Crippen LogP contribution in [0.25, 0.3) is 10.9 Å². The van der Waals surface area contributed by atoms with Crippen LogP contribution in [0.5, 0.6) is 5.75 Å². The van der Waals surface area contributed by atoms with Crippen LogP contribution in [-0.4, -0.2) is 26.2 Å². The van der Waals surface area contributed by atoms with Crippen molar-refractivity contribution in [2.45, 2.75) is 13.6 Å². The SMILES string of the molecule is C.O=C(Nc1nnc(C(F)(F)F)s1)c1ccc2cccnc2c1O. The third-order valence-corrected chi connectivity index (χ3v) is 3.76. The fourth-order valence-corrected chi connectivity index (χ4v) is 2.47. The molecule has 0 atom stereocenters. The molecule has 0 saturated heterocycles. The van der Waals surface area contributed by atoms with E-state index in [0.717, 1.165) is 0 Å². The number of nitrogens with zero attached hydrogens (tertiary/aromatic N) is 3. The van der Waals surface area contributed by atoms with Crippen LogP contribution in [0.15, 0.2) is 30.5 Å². The third kappa shape index (κ3) is 3.27. The Labute approximate surface area is 138 Å². The van der Waals surface area contributed by atoms with E-state index in [4.69, 9.17) is 0 Å². The number of benzene rings is 1. The topological polar surface area (TPSA) is 88.0 Å². The fraction of sp³-hybridized carbons (Fsp3) is 0.143. The van der Waals surface area contributed by atoms with Crippen molar-refractivity contribution in [3.63, 3.8) is 0 Å². The number of amides is 1. The first kappa shape index (κ1) is 17.6. The highest BCUT2D eigenvalue weighted by atomic mass is 32.1. The van der Waals surface area contributed by atoms with E-state index in [1.54, 1.807) is 18.2 Å². The summed E-state index contributed by atoms with van der Waals surface area (Å²) >= 11 is 0.196. The molecule has 3 aromatic rings. The van der Waals surface area contributed by atoms with Crippen molar-refractivity contribution in [1.82, 2.24) is 15.2 Å². The number of hydrogen-bond acceptors (Lipinski definition) is 6. The van der Waals surface area contributed by atoms with Gasteiger partial charge in [-0.2, -0.15) is 13.2 Å². The van der Waals surface area contributed by atoms with E-state index in [2.05, 4.69) is 20.5 Å². The van der Waals surface area contributed by atoms with Crippen molar-refractivity contribution in [1.29, 1.82) is 0 Å². The number of hydrogen-bond donors (Lipinski definition) is 2. The summed E-state index contributed by atoms with van der Waals surface area (Å²) in [5.41, 5.74) is 0.0911. The highest BCUT2D eigenvalue weighted by Crippen LogP contribution is 2.33. The van der Waals surface area contributed by atoms with Crippen molar-refractivity contribution in [3.05, 3.63) is 41.0 Å². The molecule has 6 nitrogen and oxygen atoms in total. The average Bonchev–Trinajstić information content (AvgIpc) is 2.96. The first-order valence-corrected chi connectivity index (χ1v) is 6.96. The Morgan fingerprint density at radius 2 is 1.96 bits per heavy atom. The number of pyridine rings is 1. The zero-order valence-corrected chi connectivity index (χ0v) is 11.9. The Balaban J connectivity index is 0.00000208. The molecule has 1 aromatic carbocycles. The quantitative estimate of drug-likeness (QED) is 0.731. The van der Waals surface area contributed by atoms with Gasteiger partial charge in [0.05, 0.1) is 5.56 Å². The molecule has 10 heteroatoms. The van der Waals surface area contributed by atoms with Gasteiger partial charge in [0.25, 0.3) is 5.91 Å². The summed E-state index contributed by atoms with van der Waals surface area (Å²) in [7, 11) is 0. The standard InChI is InChI=1S/C13H7F3N4O2S.CH4/c14-13(15,16)11-19-20-12(23-11)18-10(22)7-4-3-6-2-1-5-17-8(6)9(7)21;/h1-5,21H,(H,18,20,22);1H4. The number of fused-ring (bicyclic) bond motifs is 1. The van der Waals surface area contributed by atoms with E-state index in [0.29, 0.717) is 5.39 Å². The molecule has 0 fully saturated rings. The van der Waals surface area contributed by atoms with Gasteiger partial charge in [0.1, 0.15) is 5.52 Å². The monoisotopic (exact) mass is 356 g/mol. The van der Waals surface area contributed by atoms with E-state index in [1.165, 1.54) is 12.3 Å². The molecule has 2 heterocycles. The number of aromatic nitrogens is 3. The second kappa shape index (κ2) is 6.40. The fourth-order valence-electron chi connectivity index (χ4n) is 1.87. The molecule has 126 valence electrons. The molecule has 0 aliphatic carbocycles. The van der Waals surface area contributed by atoms with Crippen molar-refractivity contribution in [2.75, 3.05) is 5.32 Å². The molecule has 0 unspecified atom stereocenters. The van der Waals surface area contributed by atoms with Gasteiger partial charge in [0, 0.05) is 11.6 Å². The molecule has 0 aliphatic heterocycles. The summed E-state index contributed by atoms with van der Waals surface area (Å²) in [5.74, 6) is -1.17. The predicted octanol–water partition coefficient (Wildman–Crippen LogP) is 3.70. The Hall–Kier alpha value is -2.75. The molecule has 0 bridgehead atoms. The normalized spacial score (nSPS) is 11.1. The van der Waals surface area contributed by atoms with Gasteiger partial charge in [0.15, 0.2) is 5.75 Å². The predicted molar refractivity (Wildman–Crippen MR) is 83.0 cm³/mol. The van der Waals surface area contributed by atoms with E-state index >= 15 is 0 Å². The van der Waals surface area contributed by atoms with Crippen LogP contribution in [0.2, 0.25) is 0 Å². The van der Waals surface area contributed by atoms with Gasteiger partial charge in [-0.25, -0.2) is 0 Å². The first-order valence-electron chi connectivity index (χ1n) is 6.15. The molecule has 2 aromatic heterocycles. The molecular formula is C14H11F3N4O2S. The Morgan fingerprint density at radius 1 is 1.21 bits per heavy atom. The van der Waals surface area contributed by atoms with Crippen molar-refractivity contribution in [2.24, 2.45) is 0 Å². The highest BCUT2D eigenvalue weighted by molar-refractivity contribution is 7.15. The molecule has 24 heavy (non-hydrogen) atoms. The molecule has 0 radical (unpaired) electrons. The van der Waals surface area contributed by atoms with Crippen molar-refractivity contribution in [3.8, 4) is 5.75 Å². The number of phenolic OH excluding ortho intramolecular Hbond substituents is 1. The number of rotatable bonds is 2. The van der Waals surface area contributed by atoms with Gasteiger partial charge in [0.2, 0.25) is 10.1 Å². The molecule has 0 spiro atoms. The van der Waals surface area contributed by atoms with Gasteiger partial charge >= 0.3 is 6.18 Å². The third-order valence-electron chi connectivity index (χ3n) is 2.88. The summed E-state index contributed by atoms with van der Waals surface area (Å²) in [6.07, 6.45) is -3.18. The van der Waals surface area contributed by atoms with Gasteiger partial charge in [-0.1, -0.05) is 30.9 Å². The summed E-state index contributed by atoms with van der Waals surface area (Å²) in [5, 5.41) is 17.6. The van der Waals surface area contributed by atoms with Gasteiger partial charge in [-0.3, -0.25) is 15.1 Å². The van der Waals surface area contributed by atoms with Gasteiger partial charge in [-0.15, -0.1) is 10.2 Å². The van der Waals surface area contributed by atoms with Gasteiger partial charge in [-0.05, 0) is 12.1 Å². The van der Waals surface area contributed by atoms with Crippen LogP contribution in [-0.2, 0) is 6.18 Å². The molecule has 0 aliphatic rings. The minimum absolute atomic E-state index is 0. The van der Waals surface area contributed by atoms with Crippen molar-refractivity contribution < 1.29 is 23.1 Å². The molecule has 3 rings (SSSR count). The van der Waals surface area contributed by atoms with Crippen LogP contribution in [0.3, 0.4) is 0 Å². The van der Waals surface area contributed by atoms with Crippen LogP contribution >= 0.6 is 11.3 Å². The minimum atomic E-state index is -4.63. The smallest absolute Gasteiger partial charge is 0.445 e.